The molecule has 0 spiro atoms. The molecule has 0 amide bonds. The van der Waals surface area contributed by atoms with Gasteiger partial charge in [0.25, 0.3) is 0 Å². The summed E-state index contributed by atoms with van der Waals surface area (Å²) in [4.78, 5) is 14.0. The quantitative estimate of drug-likeness (QED) is 0.548. The lowest BCUT2D eigenvalue weighted by molar-refractivity contribution is -0.390. The monoisotopic (exact) mass is 255 g/mol. The maximum Gasteiger partial charge on any atom is 0.406 e. The fourth-order valence-electron chi connectivity index (χ4n) is 1.33. The molecule has 0 fully saturated rings. The van der Waals surface area contributed by atoms with Crippen molar-refractivity contribution >= 4 is 5.82 Å². The molecule has 1 unspecified atom stereocenters. The van der Waals surface area contributed by atoms with Crippen LogP contribution < -0.4 is 10.1 Å². The van der Waals surface area contributed by atoms with Crippen molar-refractivity contribution in [2.24, 2.45) is 0 Å². The molecular weight excluding hydrogens is 238 g/mol. The van der Waals surface area contributed by atoms with Crippen molar-refractivity contribution in [1.29, 1.82) is 0 Å². The Morgan fingerprint density at radius 3 is 2.94 bits per heavy atom. The van der Waals surface area contributed by atoms with E-state index in [1.807, 2.05) is 6.92 Å². The molecule has 0 aliphatic rings. The third-order valence-electron chi connectivity index (χ3n) is 2.21. The molecule has 1 aromatic rings. The summed E-state index contributed by atoms with van der Waals surface area (Å²) in [5.74, 6) is -0.258. The lowest BCUT2D eigenvalue weighted by Gasteiger charge is -2.12. The van der Waals surface area contributed by atoms with Crippen molar-refractivity contribution in [3.63, 3.8) is 0 Å². The van der Waals surface area contributed by atoms with Crippen LogP contribution >= 0.6 is 0 Å². The second-order valence-corrected chi connectivity index (χ2v) is 3.80. The minimum Gasteiger partial charge on any atom is -0.483 e. The van der Waals surface area contributed by atoms with Crippen molar-refractivity contribution < 1.29 is 14.8 Å². The first-order valence-electron chi connectivity index (χ1n) is 5.68. The summed E-state index contributed by atoms with van der Waals surface area (Å²) in [6.45, 7) is 4.69. The number of aliphatic hydroxyl groups excluding tert-OH is 1. The number of likely N-dealkylation sites (N-methyl/N-ethyl adjacent to an activating group) is 1. The summed E-state index contributed by atoms with van der Waals surface area (Å²) in [5.41, 5.74) is 0.544. The van der Waals surface area contributed by atoms with Crippen molar-refractivity contribution in [3.05, 3.63) is 27.9 Å². The zero-order valence-electron chi connectivity index (χ0n) is 10.4. The van der Waals surface area contributed by atoms with Crippen LogP contribution in [0.4, 0.5) is 5.82 Å². The number of nitro groups is 1. The van der Waals surface area contributed by atoms with E-state index in [9.17, 15) is 15.2 Å². The second-order valence-electron chi connectivity index (χ2n) is 3.80. The van der Waals surface area contributed by atoms with Crippen LogP contribution in [0.1, 0.15) is 12.6 Å². The number of aromatic nitrogens is 1. The van der Waals surface area contributed by atoms with E-state index in [1.165, 1.54) is 6.07 Å². The summed E-state index contributed by atoms with van der Waals surface area (Å²) < 4.78 is 5.22. The number of aryl methyl sites for hydroxylation is 1. The summed E-state index contributed by atoms with van der Waals surface area (Å²) >= 11 is 0. The van der Waals surface area contributed by atoms with Crippen LogP contribution in [0.2, 0.25) is 0 Å². The van der Waals surface area contributed by atoms with Crippen molar-refractivity contribution in [3.8, 4) is 5.75 Å². The highest BCUT2D eigenvalue weighted by Crippen LogP contribution is 2.24. The number of rotatable bonds is 7. The number of nitrogens with zero attached hydrogens (tertiary/aromatic N) is 2. The normalized spacial score (nSPS) is 12.2. The molecule has 0 bridgehead atoms. The molecule has 1 heterocycles. The maximum absolute atomic E-state index is 10.8. The lowest BCUT2D eigenvalue weighted by Crippen LogP contribution is -2.31. The average Bonchev–Trinajstić information content (AvgIpc) is 2.34. The van der Waals surface area contributed by atoms with E-state index >= 15 is 0 Å². The van der Waals surface area contributed by atoms with E-state index < -0.39 is 11.0 Å². The van der Waals surface area contributed by atoms with Gasteiger partial charge in [-0.1, -0.05) is 6.92 Å². The predicted octanol–water partition coefficient (Wildman–Crippen LogP) is 0.647. The first kappa shape index (κ1) is 14.3. The van der Waals surface area contributed by atoms with Crippen molar-refractivity contribution in [1.82, 2.24) is 10.3 Å². The highest BCUT2D eigenvalue weighted by Gasteiger charge is 2.18. The Morgan fingerprint density at radius 2 is 2.33 bits per heavy atom. The lowest BCUT2D eigenvalue weighted by atomic mass is 10.3. The van der Waals surface area contributed by atoms with Gasteiger partial charge in [0.05, 0.1) is 0 Å². The Kier molecular flexibility index (Phi) is 5.47. The van der Waals surface area contributed by atoms with Gasteiger partial charge in [0.15, 0.2) is 0 Å². The molecule has 100 valence electrons. The Balaban J connectivity index is 2.64. The van der Waals surface area contributed by atoms with Gasteiger partial charge in [-0.3, -0.25) is 0 Å². The third-order valence-corrected chi connectivity index (χ3v) is 2.21. The van der Waals surface area contributed by atoms with Crippen LogP contribution in [0.15, 0.2) is 12.1 Å². The molecule has 0 saturated heterocycles. The first-order chi connectivity index (χ1) is 8.54. The third kappa shape index (κ3) is 4.27. The number of hydrogen-bond donors (Lipinski definition) is 2. The minimum atomic E-state index is -0.717. The Labute approximate surface area is 105 Å². The summed E-state index contributed by atoms with van der Waals surface area (Å²) in [5, 5.41) is 23.3. The van der Waals surface area contributed by atoms with Crippen molar-refractivity contribution in [2.45, 2.75) is 20.0 Å². The zero-order chi connectivity index (χ0) is 13.5. The molecule has 0 radical (unpaired) electrons. The van der Waals surface area contributed by atoms with Gasteiger partial charge in [-0.05, 0) is 28.6 Å². The average molecular weight is 255 g/mol. The van der Waals surface area contributed by atoms with Gasteiger partial charge in [0.2, 0.25) is 5.75 Å². The first-order valence-corrected chi connectivity index (χ1v) is 5.68. The molecule has 18 heavy (non-hydrogen) atoms. The molecular formula is C11H17N3O4. The van der Waals surface area contributed by atoms with E-state index in [4.69, 9.17) is 4.74 Å². The Bertz CT molecular complexity index is 411. The zero-order valence-corrected chi connectivity index (χ0v) is 10.4. The summed E-state index contributed by atoms with van der Waals surface area (Å²) in [6, 6.07) is 3.11. The molecule has 0 aromatic carbocycles. The van der Waals surface area contributed by atoms with E-state index in [-0.39, 0.29) is 18.2 Å². The smallest absolute Gasteiger partial charge is 0.406 e. The van der Waals surface area contributed by atoms with Gasteiger partial charge >= 0.3 is 5.82 Å². The standard InChI is InChI=1S/C11H17N3O4/c1-3-12-6-9(15)7-18-10-5-4-8(2)13-11(10)14(16)17/h4-5,9,12,15H,3,6-7H2,1-2H3. The molecule has 0 saturated carbocycles. The topological polar surface area (TPSA) is 97.5 Å². The van der Waals surface area contributed by atoms with Gasteiger partial charge in [0.1, 0.15) is 18.4 Å². The van der Waals surface area contributed by atoms with Crippen LogP contribution in [0.5, 0.6) is 5.75 Å². The minimum absolute atomic E-state index is 0.0153. The van der Waals surface area contributed by atoms with Crippen molar-refractivity contribution in [2.75, 3.05) is 19.7 Å². The van der Waals surface area contributed by atoms with Crippen LogP contribution in [0.25, 0.3) is 0 Å². The second kappa shape index (κ2) is 6.87. The van der Waals surface area contributed by atoms with Gasteiger partial charge in [0, 0.05) is 13.5 Å². The van der Waals surface area contributed by atoms with E-state index in [0.717, 1.165) is 6.54 Å². The number of ether oxygens (including phenoxy) is 1. The van der Waals surface area contributed by atoms with E-state index in [1.54, 1.807) is 13.0 Å². The van der Waals surface area contributed by atoms with Crippen LogP contribution in [-0.2, 0) is 0 Å². The largest absolute Gasteiger partial charge is 0.483 e. The Morgan fingerprint density at radius 1 is 1.61 bits per heavy atom. The fraction of sp³-hybridized carbons (Fsp3) is 0.545. The Hall–Kier alpha value is -1.73. The molecule has 2 N–H and O–H groups in total. The molecule has 0 aliphatic heterocycles. The highest BCUT2D eigenvalue weighted by atomic mass is 16.6. The molecule has 1 rings (SSSR count). The number of nitrogens with one attached hydrogen (secondary N) is 1. The SMILES string of the molecule is CCNCC(O)COc1ccc(C)nc1[N+](=O)[O-]. The van der Waals surface area contributed by atoms with Crippen LogP contribution in [-0.4, -0.2) is 40.8 Å². The van der Waals surface area contributed by atoms with Gasteiger partial charge in [-0.15, -0.1) is 0 Å². The highest BCUT2D eigenvalue weighted by molar-refractivity contribution is 5.40. The molecule has 7 nitrogen and oxygen atoms in total. The number of pyridine rings is 1. The number of hydrogen-bond acceptors (Lipinski definition) is 6. The molecule has 0 aliphatic carbocycles. The van der Waals surface area contributed by atoms with E-state index in [2.05, 4.69) is 10.3 Å². The van der Waals surface area contributed by atoms with E-state index in [0.29, 0.717) is 12.2 Å². The van der Waals surface area contributed by atoms with Crippen LogP contribution in [0.3, 0.4) is 0 Å². The van der Waals surface area contributed by atoms with Crippen LogP contribution in [0, 0.1) is 17.0 Å². The number of aliphatic hydroxyl groups is 1. The predicted molar refractivity (Wildman–Crippen MR) is 65.7 cm³/mol. The maximum atomic E-state index is 10.8. The molecule has 7 heteroatoms. The molecule has 1 aromatic heterocycles. The summed E-state index contributed by atoms with van der Waals surface area (Å²) in [6.07, 6.45) is -0.717. The fourth-order valence-corrected chi connectivity index (χ4v) is 1.33. The molecule has 1 atom stereocenters. The van der Waals surface area contributed by atoms with Gasteiger partial charge in [-0.2, -0.15) is 0 Å². The van der Waals surface area contributed by atoms with Gasteiger partial charge < -0.3 is 25.3 Å². The van der Waals surface area contributed by atoms with Gasteiger partial charge in [-0.25, -0.2) is 0 Å². The summed E-state index contributed by atoms with van der Waals surface area (Å²) in [7, 11) is 0.